The molecule has 1 saturated heterocycles. The minimum Gasteiger partial charge on any atom is -0.368 e. The number of pyridine rings is 1. The van der Waals surface area contributed by atoms with Crippen molar-refractivity contribution in [2.45, 2.75) is 32.2 Å². The average Bonchev–Trinajstić information content (AvgIpc) is 3.47. The van der Waals surface area contributed by atoms with Crippen molar-refractivity contribution in [3.05, 3.63) is 58.8 Å². The lowest BCUT2D eigenvalue weighted by atomic mass is 10.1. The first-order valence-electron chi connectivity index (χ1n) is 10.4. The molecule has 0 N–H and O–H groups in total. The normalized spacial score (nSPS) is 19.1. The highest BCUT2D eigenvalue weighted by atomic mass is 35.5. The van der Waals surface area contributed by atoms with Gasteiger partial charge in [-0.3, -0.25) is 9.30 Å². The molecule has 152 valence electrons. The lowest BCUT2D eigenvalue weighted by Crippen LogP contribution is -2.47. The second-order valence-electron chi connectivity index (χ2n) is 8.22. The van der Waals surface area contributed by atoms with Crippen LogP contribution in [-0.4, -0.2) is 45.7 Å². The number of hydrogen-bond donors (Lipinski definition) is 0. The van der Waals surface area contributed by atoms with Crippen molar-refractivity contribution in [2.75, 3.05) is 31.1 Å². The SMILES string of the molecule is C[C@H](c1ccc(F)cc1)N1CCN(c2ccn3c(CC4CC4)nnc3c2Cl)CC1. The highest BCUT2D eigenvalue weighted by Crippen LogP contribution is 2.34. The summed E-state index contributed by atoms with van der Waals surface area (Å²) in [5.41, 5.74) is 2.92. The number of halogens is 2. The van der Waals surface area contributed by atoms with Crippen LogP contribution < -0.4 is 4.90 Å². The molecule has 2 aliphatic rings. The van der Waals surface area contributed by atoms with Crippen LogP contribution in [0.2, 0.25) is 5.02 Å². The maximum absolute atomic E-state index is 13.2. The maximum Gasteiger partial charge on any atom is 0.181 e. The van der Waals surface area contributed by atoms with Gasteiger partial charge in [0.2, 0.25) is 0 Å². The smallest absolute Gasteiger partial charge is 0.181 e. The van der Waals surface area contributed by atoms with Gasteiger partial charge in [0, 0.05) is 44.8 Å². The molecular weight excluding hydrogens is 389 g/mol. The fourth-order valence-electron chi connectivity index (χ4n) is 4.23. The average molecular weight is 414 g/mol. The van der Waals surface area contributed by atoms with Crippen molar-refractivity contribution in [3.63, 3.8) is 0 Å². The quantitative estimate of drug-likeness (QED) is 0.622. The van der Waals surface area contributed by atoms with Crippen LogP contribution >= 0.6 is 11.6 Å². The minimum absolute atomic E-state index is 0.190. The van der Waals surface area contributed by atoms with Crippen molar-refractivity contribution in [1.82, 2.24) is 19.5 Å². The van der Waals surface area contributed by atoms with Crippen molar-refractivity contribution in [2.24, 2.45) is 5.92 Å². The molecule has 2 aromatic heterocycles. The highest BCUT2D eigenvalue weighted by Gasteiger charge is 2.26. The van der Waals surface area contributed by atoms with Crippen LogP contribution in [0.5, 0.6) is 0 Å². The van der Waals surface area contributed by atoms with Crippen molar-refractivity contribution >= 4 is 22.9 Å². The van der Waals surface area contributed by atoms with E-state index in [9.17, 15) is 4.39 Å². The number of aromatic nitrogens is 3. The molecule has 0 spiro atoms. The summed E-state index contributed by atoms with van der Waals surface area (Å²) in [6.07, 6.45) is 5.63. The van der Waals surface area contributed by atoms with Crippen molar-refractivity contribution in [3.8, 4) is 0 Å². The Balaban J connectivity index is 1.29. The van der Waals surface area contributed by atoms with Crippen LogP contribution in [0.4, 0.5) is 10.1 Å². The van der Waals surface area contributed by atoms with Gasteiger partial charge in [0.05, 0.1) is 5.69 Å². The fourth-order valence-corrected chi connectivity index (χ4v) is 4.54. The predicted octanol–water partition coefficient (Wildman–Crippen LogP) is 4.36. The summed E-state index contributed by atoms with van der Waals surface area (Å²) in [6.45, 7) is 5.83. The first kappa shape index (κ1) is 18.8. The predicted molar refractivity (Wildman–Crippen MR) is 113 cm³/mol. The van der Waals surface area contributed by atoms with E-state index in [0.717, 1.165) is 61.2 Å². The third-order valence-electron chi connectivity index (χ3n) is 6.29. The van der Waals surface area contributed by atoms with Gasteiger partial charge in [-0.05, 0) is 49.4 Å². The summed E-state index contributed by atoms with van der Waals surface area (Å²) in [5.74, 6) is 1.58. The van der Waals surface area contributed by atoms with E-state index in [2.05, 4.69) is 39.2 Å². The van der Waals surface area contributed by atoms with E-state index in [4.69, 9.17) is 11.6 Å². The van der Waals surface area contributed by atoms with Crippen molar-refractivity contribution < 1.29 is 4.39 Å². The Morgan fingerprint density at radius 2 is 1.79 bits per heavy atom. The van der Waals surface area contributed by atoms with Gasteiger partial charge < -0.3 is 4.90 Å². The van der Waals surface area contributed by atoms with E-state index < -0.39 is 0 Å². The van der Waals surface area contributed by atoms with E-state index in [1.54, 1.807) is 0 Å². The Kier molecular flexibility index (Phi) is 4.92. The molecule has 2 fully saturated rings. The van der Waals surface area contributed by atoms with E-state index in [1.165, 1.54) is 25.0 Å². The zero-order valence-corrected chi connectivity index (χ0v) is 17.3. The van der Waals surface area contributed by atoms with E-state index in [-0.39, 0.29) is 11.9 Å². The van der Waals surface area contributed by atoms with Gasteiger partial charge in [0.25, 0.3) is 0 Å². The van der Waals surface area contributed by atoms with Gasteiger partial charge in [-0.25, -0.2) is 4.39 Å². The number of hydrogen-bond acceptors (Lipinski definition) is 4. The van der Waals surface area contributed by atoms with Gasteiger partial charge in [-0.2, -0.15) is 0 Å². The van der Waals surface area contributed by atoms with Crippen LogP contribution in [0.3, 0.4) is 0 Å². The molecule has 5 nitrogen and oxygen atoms in total. The molecule has 1 atom stereocenters. The number of benzene rings is 1. The topological polar surface area (TPSA) is 36.7 Å². The Morgan fingerprint density at radius 3 is 2.48 bits per heavy atom. The first-order chi connectivity index (χ1) is 14.1. The third-order valence-corrected chi connectivity index (χ3v) is 6.66. The molecule has 0 radical (unpaired) electrons. The number of fused-ring (bicyclic) bond motifs is 1. The molecule has 1 aliphatic carbocycles. The highest BCUT2D eigenvalue weighted by molar-refractivity contribution is 6.36. The van der Waals surface area contributed by atoms with Crippen LogP contribution in [0.1, 0.15) is 37.2 Å². The molecule has 0 amide bonds. The number of nitrogens with zero attached hydrogens (tertiary/aromatic N) is 5. The Morgan fingerprint density at radius 1 is 1.07 bits per heavy atom. The number of anilines is 1. The van der Waals surface area contributed by atoms with Gasteiger partial charge in [-0.15, -0.1) is 10.2 Å². The lowest BCUT2D eigenvalue weighted by molar-refractivity contribution is 0.198. The largest absolute Gasteiger partial charge is 0.368 e. The van der Waals surface area contributed by atoms with Gasteiger partial charge in [0.1, 0.15) is 16.7 Å². The zero-order chi connectivity index (χ0) is 20.0. The second-order valence-corrected chi connectivity index (χ2v) is 8.60. The summed E-state index contributed by atoms with van der Waals surface area (Å²) in [6, 6.07) is 9.18. The first-order valence-corrected chi connectivity index (χ1v) is 10.7. The molecule has 3 heterocycles. The molecular formula is C22H25ClFN5. The summed E-state index contributed by atoms with van der Waals surface area (Å²) in [4.78, 5) is 4.76. The Hall–Kier alpha value is -2.18. The summed E-state index contributed by atoms with van der Waals surface area (Å²) < 4.78 is 15.2. The molecule has 0 unspecified atom stereocenters. The third kappa shape index (κ3) is 3.71. The van der Waals surface area contributed by atoms with Crippen molar-refractivity contribution in [1.29, 1.82) is 0 Å². The van der Waals surface area contributed by atoms with E-state index >= 15 is 0 Å². The van der Waals surface area contributed by atoms with Crippen LogP contribution in [0, 0.1) is 11.7 Å². The number of piperazine rings is 1. The molecule has 7 heteroatoms. The molecule has 3 aromatic rings. The van der Waals surface area contributed by atoms with Crippen LogP contribution in [0.15, 0.2) is 36.5 Å². The lowest BCUT2D eigenvalue weighted by Gasteiger charge is -2.39. The molecule has 1 saturated carbocycles. The van der Waals surface area contributed by atoms with Crippen LogP contribution in [0.25, 0.3) is 5.65 Å². The Labute approximate surface area is 175 Å². The summed E-state index contributed by atoms with van der Waals surface area (Å²) in [7, 11) is 0. The Bertz CT molecular complexity index is 1010. The minimum atomic E-state index is -0.190. The summed E-state index contributed by atoms with van der Waals surface area (Å²) >= 11 is 6.74. The molecule has 1 aliphatic heterocycles. The van der Waals surface area contributed by atoms with E-state index in [0.29, 0.717) is 5.02 Å². The van der Waals surface area contributed by atoms with Gasteiger partial charge in [0.15, 0.2) is 5.65 Å². The number of rotatable bonds is 5. The van der Waals surface area contributed by atoms with E-state index in [1.807, 2.05) is 16.5 Å². The molecule has 29 heavy (non-hydrogen) atoms. The maximum atomic E-state index is 13.2. The standard InChI is InChI=1S/C22H25ClFN5/c1-15(17-4-6-18(24)7-5-17)27-10-12-28(13-11-27)19-8-9-29-20(14-16-2-3-16)25-26-22(29)21(19)23/h4-9,15-16H,2-3,10-14H2,1H3/t15-/m1/s1. The zero-order valence-electron chi connectivity index (χ0n) is 16.6. The molecule has 1 aromatic carbocycles. The van der Waals surface area contributed by atoms with Crippen LogP contribution in [-0.2, 0) is 6.42 Å². The monoisotopic (exact) mass is 413 g/mol. The molecule has 0 bridgehead atoms. The fraction of sp³-hybridized carbons (Fsp3) is 0.455. The van der Waals surface area contributed by atoms with Gasteiger partial charge in [-0.1, -0.05) is 23.7 Å². The summed E-state index contributed by atoms with van der Waals surface area (Å²) in [5, 5.41) is 9.41. The second kappa shape index (κ2) is 7.58. The van der Waals surface area contributed by atoms with Gasteiger partial charge >= 0.3 is 0 Å². The molecule has 5 rings (SSSR count).